The van der Waals surface area contributed by atoms with Crippen molar-refractivity contribution >= 4 is 26.0 Å². The molecule has 0 radical (unpaired) electrons. The Morgan fingerprint density at radius 1 is 1.36 bits per heavy atom. The minimum absolute atomic E-state index is 0.0757. The van der Waals surface area contributed by atoms with Crippen LogP contribution in [0.2, 0.25) is 13.1 Å². The van der Waals surface area contributed by atoms with Crippen LogP contribution in [0.15, 0.2) is 12.7 Å². The molecule has 3 rings (SSSR count). The third kappa shape index (κ3) is 3.55. The molecule has 0 bridgehead atoms. The van der Waals surface area contributed by atoms with Crippen molar-refractivity contribution in [1.29, 1.82) is 0 Å². The standard InChI is InChI=1S/C16H27N5O3Si/c1-16(2,3)12(24-25(4)5)10-6-9(22)15(23-10)21-8-20-11-13(17)18-7-19-14(11)21/h7-10,12,15,22,25H,6H2,1-5H3,(H2,17,18,19)/t9-,10+,12?,15-/m1/s1. The van der Waals surface area contributed by atoms with Gasteiger partial charge in [-0.3, -0.25) is 4.57 Å². The Labute approximate surface area is 149 Å². The predicted octanol–water partition coefficient (Wildman–Crippen LogP) is 1.47. The normalized spacial score (nSPS) is 25.8. The molecule has 1 aliphatic rings. The lowest BCUT2D eigenvalue weighted by Crippen LogP contribution is -2.42. The molecular weight excluding hydrogens is 338 g/mol. The van der Waals surface area contributed by atoms with E-state index < -0.39 is 21.4 Å². The first-order valence-electron chi connectivity index (χ1n) is 8.60. The van der Waals surface area contributed by atoms with E-state index in [9.17, 15) is 5.11 Å². The molecule has 0 aliphatic carbocycles. The number of rotatable bonds is 4. The summed E-state index contributed by atoms with van der Waals surface area (Å²) in [6.45, 7) is 10.7. The van der Waals surface area contributed by atoms with Gasteiger partial charge in [-0.2, -0.15) is 0 Å². The summed E-state index contributed by atoms with van der Waals surface area (Å²) in [4.78, 5) is 12.5. The third-order valence-corrected chi connectivity index (χ3v) is 5.23. The van der Waals surface area contributed by atoms with Gasteiger partial charge in [-0.1, -0.05) is 20.8 Å². The summed E-state index contributed by atoms with van der Waals surface area (Å²) < 4.78 is 14.2. The van der Waals surface area contributed by atoms with E-state index in [1.54, 1.807) is 10.9 Å². The zero-order chi connectivity index (χ0) is 18.4. The van der Waals surface area contributed by atoms with Gasteiger partial charge in [0.2, 0.25) is 0 Å². The van der Waals surface area contributed by atoms with E-state index in [0.717, 1.165) is 0 Å². The van der Waals surface area contributed by atoms with Gasteiger partial charge in [0.25, 0.3) is 0 Å². The molecule has 0 amide bonds. The van der Waals surface area contributed by atoms with Gasteiger partial charge in [0.1, 0.15) is 17.9 Å². The number of anilines is 1. The fourth-order valence-electron chi connectivity index (χ4n) is 3.32. The molecule has 1 aliphatic heterocycles. The molecule has 8 nitrogen and oxygen atoms in total. The van der Waals surface area contributed by atoms with Gasteiger partial charge < -0.3 is 20.0 Å². The number of ether oxygens (including phenoxy) is 1. The zero-order valence-electron chi connectivity index (χ0n) is 15.4. The molecule has 25 heavy (non-hydrogen) atoms. The third-order valence-electron chi connectivity index (χ3n) is 4.39. The Kier molecular flexibility index (Phi) is 4.84. The van der Waals surface area contributed by atoms with Crippen molar-refractivity contribution < 1.29 is 14.3 Å². The molecule has 0 aromatic carbocycles. The van der Waals surface area contributed by atoms with Crippen molar-refractivity contribution in [3.8, 4) is 0 Å². The van der Waals surface area contributed by atoms with Gasteiger partial charge in [-0.05, 0) is 18.5 Å². The summed E-state index contributed by atoms with van der Waals surface area (Å²) in [6, 6.07) is 0. The van der Waals surface area contributed by atoms with Crippen molar-refractivity contribution in [3.63, 3.8) is 0 Å². The van der Waals surface area contributed by atoms with Crippen LogP contribution in [0.3, 0.4) is 0 Å². The maximum Gasteiger partial charge on any atom is 0.171 e. The number of hydrogen-bond donors (Lipinski definition) is 2. The Morgan fingerprint density at radius 2 is 2.08 bits per heavy atom. The molecule has 3 N–H and O–H groups in total. The maximum atomic E-state index is 10.6. The van der Waals surface area contributed by atoms with Crippen LogP contribution in [0.1, 0.15) is 33.4 Å². The predicted molar refractivity (Wildman–Crippen MR) is 97.5 cm³/mol. The lowest BCUT2D eigenvalue weighted by molar-refractivity contribution is -0.0934. The largest absolute Gasteiger partial charge is 0.415 e. The number of nitrogens with zero attached hydrogens (tertiary/aromatic N) is 4. The van der Waals surface area contributed by atoms with Crippen molar-refractivity contribution in [2.45, 2.75) is 64.8 Å². The van der Waals surface area contributed by atoms with Crippen LogP contribution in [0.5, 0.6) is 0 Å². The molecule has 138 valence electrons. The van der Waals surface area contributed by atoms with Gasteiger partial charge in [0, 0.05) is 6.42 Å². The van der Waals surface area contributed by atoms with E-state index in [4.69, 9.17) is 14.9 Å². The summed E-state index contributed by atoms with van der Waals surface area (Å²) >= 11 is 0. The van der Waals surface area contributed by atoms with E-state index in [1.165, 1.54) is 6.33 Å². The quantitative estimate of drug-likeness (QED) is 0.790. The fourth-order valence-corrected chi connectivity index (χ4v) is 4.49. The van der Waals surface area contributed by atoms with E-state index >= 15 is 0 Å². The van der Waals surface area contributed by atoms with Crippen LogP contribution < -0.4 is 5.73 Å². The lowest BCUT2D eigenvalue weighted by atomic mass is 9.85. The zero-order valence-corrected chi connectivity index (χ0v) is 16.5. The molecule has 9 heteroatoms. The van der Waals surface area contributed by atoms with Crippen LogP contribution >= 0.6 is 0 Å². The van der Waals surface area contributed by atoms with Crippen LogP contribution in [-0.4, -0.2) is 52.0 Å². The Bertz CT molecular complexity index is 745. The number of hydrogen-bond acceptors (Lipinski definition) is 7. The molecular formula is C16H27N5O3Si. The summed E-state index contributed by atoms with van der Waals surface area (Å²) in [5.74, 6) is 0.314. The van der Waals surface area contributed by atoms with Crippen LogP contribution in [0.25, 0.3) is 11.2 Å². The maximum absolute atomic E-state index is 10.6. The molecule has 3 heterocycles. The Morgan fingerprint density at radius 3 is 2.72 bits per heavy atom. The monoisotopic (exact) mass is 365 g/mol. The van der Waals surface area contributed by atoms with E-state index in [0.29, 0.717) is 23.4 Å². The van der Waals surface area contributed by atoms with Crippen molar-refractivity contribution in [1.82, 2.24) is 19.5 Å². The molecule has 1 fully saturated rings. The van der Waals surface area contributed by atoms with Gasteiger partial charge in [-0.15, -0.1) is 0 Å². The van der Waals surface area contributed by atoms with Crippen LogP contribution in [0, 0.1) is 5.41 Å². The Balaban J connectivity index is 1.88. The SMILES string of the molecule is C[SiH](C)OC([C@@H]1C[C@@H](O)[C@H](n2cnc3c(N)ncnc32)O1)C(C)(C)C. The summed E-state index contributed by atoms with van der Waals surface area (Å²) in [7, 11) is -1.25. The van der Waals surface area contributed by atoms with Crippen LogP contribution in [-0.2, 0) is 9.16 Å². The minimum atomic E-state index is -1.25. The summed E-state index contributed by atoms with van der Waals surface area (Å²) in [6.07, 6.45) is 2.00. The molecule has 2 aromatic rings. The fraction of sp³-hybridized carbons (Fsp3) is 0.688. The molecule has 0 saturated carbocycles. The van der Waals surface area contributed by atoms with Crippen molar-refractivity contribution in [3.05, 3.63) is 12.7 Å². The molecule has 4 atom stereocenters. The van der Waals surface area contributed by atoms with Crippen molar-refractivity contribution in [2.24, 2.45) is 5.41 Å². The first-order valence-corrected chi connectivity index (χ1v) is 11.4. The summed E-state index contributed by atoms with van der Waals surface area (Å²) in [5, 5.41) is 10.6. The smallest absolute Gasteiger partial charge is 0.171 e. The summed E-state index contributed by atoms with van der Waals surface area (Å²) in [5.41, 5.74) is 6.83. The number of aliphatic hydroxyl groups excluding tert-OH is 1. The second-order valence-electron chi connectivity index (χ2n) is 7.92. The molecule has 1 unspecified atom stereocenters. The average molecular weight is 366 g/mol. The van der Waals surface area contributed by atoms with Gasteiger partial charge in [0.15, 0.2) is 26.7 Å². The first kappa shape index (κ1) is 18.2. The van der Waals surface area contributed by atoms with Crippen LogP contribution in [0.4, 0.5) is 5.82 Å². The molecule has 2 aromatic heterocycles. The number of aromatic nitrogens is 4. The highest BCUT2D eigenvalue weighted by Gasteiger charge is 2.44. The number of fused-ring (bicyclic) bond motifs is 1. The van der Waals surface area contributed by atoms with E-state index in [2.05, 4.69) is 48.8 Å². The van der Waals surface area contributed by atoms with E-state index in [-0.39, 0.29) is 17.6 Å². The average Bonchev–Trinajstić information content (AvgIpc) is 3.07. The number of imidazole rings is 1. The Hall–Kier alpha value is -1.55. The lowest BCUT2D eigenvalue weighted by Gasteiger charge is -2.36. The minimum Gasteiger partial charge on any atom is -0.415 e. The number of aliphatic hydroxyl groups is 1. The second-order valence-corrected chi connectivity index (χ2v) is 10.3. The van der Waals surface area contributed by atoms with E-state index in [1.807, 2.05) is 0 Å². The highest BCUT2D eigenvalue weighted by atomic mass is 28.3. The number of nitrogen functional groups attached to an aromatic ring is 1. The highest BCUT2D eigenvalue weighted by Crippen LogP contribution is 2.38. The number of nitrogens with two attached hydrogens (primary N) is 1. The van der Waals surface area contributed by atoms with Gasteiger partial charge >= 0.3 is 0 Å². The van der Waals surface area contributed by atoms with Crippen molar-refractivity contribution in [2.75, 3.05) is 5.73 Å². The van der Waals surface area contributed by atoms with Gasteiger partial charge in [0.05, 0.1) is 18.5 Å². The highest BCUT2D eigenvalue weighted by molar-refractivity contribution is 6.48. The van der Waals surface area contributed by atoms with Gasteiger partial charge in [-0.25, -0.2) is 15.0 Å². The molecule has 1 saturated heterocycles. The first-order chi connectivity index (χ1) is 11.7. The molecule has 0 spiro atoms. The topological polar surface area (TPSA) is 108 Å². The second kappa shape index (κ2) is 6.64.